The van der Waals surface area contributed by atoms with Crippen LogP contribution in [0, 0.1) is 16.0 Å². The number of likely N-dealkylation sites (tertiary alicyclic amines) is 1. The summed E-state index contributed by atoms with van der Waals surface area (Å²) >= 11 is 0. The van der Waals surface area contributed by atoms with Crippen LogP contribution in [0.5, 0.6) is 0 Å². The number of piperazine rings is 1. The zero-order valence-electron chi connectivity index (χ0n) is 39.1. The van der Waals surface area contributed by atoms with Gasteiger partial charge in [0, 0.05) is 51.9 Å². The fraction of sp³-hybridized carbons (Fsp3) is 0.860. The summed E-state index contributed by atoms with van der Waals surface area (Å²) < 4.78 is 22.0. The van der Waals surface area contributed by atoms with Crippen molar-refractivity contribution in [1.29, 1.82) is 0 Å². The quantitative estimate of drug-likeness (QED) is 0.0672. The van der Waals surface area contributed by atoms with Crippen LogP contribution in [0.15, 0.2) is 18.2 Å². The third kappa shape index (κ3) is 13.4. The lowest BCUT2D eigenvalue weighted by Gasteiger charge is -2.54. The summed E-state index contributed by atoms with van der Waals surface area (Å²) in [5.74, 6) is 0.330. The third-order valence-electron chi connectivity index (χ3n) is 14.1. The third-order valence-corrected chi connectivity index (χ3v) is 27.5. The van der Waals surface area contributed by atoms with Gasteiger partial charge in [-0.1, -0.05) is 88.1 Å². The van der Waals surface area contributed by atoms with Gasteiger partial charge >= 0.3 is 0 Å². The van der Waals surface area contributed by atoms with Gasteiger partial charge in [0.2, 0.25) is 0 Å². The fourth-order valence-electron chi connectivity index (χ4n) is 6.95. The molecule has 1 aromatic rings. The van der Waals surface area contributed by atoms with Gasteiger partial charge in [-0.3, -0.25) is 19.9 Å². The Kier molecular flexibility index (Phi) is 17.1. The van der Waals surface area contributed by atoms with Crippen LogP contribution in [-0.4, -0.2) is 122 Å². The molecule has 10 nitrogen and oxygen atoms in total. The normalized spacial score (nSPS) is 23.1. The summed E-state index contributed by atoms with van der Waals surface area (Å²) in [6.07, 6.45) is 4.18. The number of likely N-dealkylation sites (N-methyl/N-ethyl adjacent to an activating group) is 1. The molecule has 2 fully saturated rings. The van der Waals surface area contributed by atoms with Gasteiger partial charge in [0.05, 0.1) is 29.8 Å². The average molecular weight is 836 g/mol. The topological polar surface area (TPSA) is 92.6 Å². The van der Waals surface area contributed by atoms with Crippen molar-refractivity contribution in [1.82, 2.24) is 14.7 Å². The zero-order valence-corrected chi connectivity index (χ0v) is 42.1. The Hall–Kier alpha value is -1.17. The lowest BCUT2D eigenvalue weighted by atomic mass is 9.88. The summed E-state index contributed by atoms with van der Waals surface area (Å²) in [5, 5.41) is 15.7. The maximum absolute atomic E-state index is 12.0. The SMILES string of the molecule is C[C@H]1CN(CCCCCCNc2ccc(CN3CCN(C)CC3)cc2[N+](=O)[O-])[C@H](CO[Si](C)(C)C(C)(C)C)[C@@H](O[Si](C)(C)C(C)(C)C)[C@@H]1O[Si](C)(C)C(C)(C)C. The van der Waals surface area contributed by atoms with Gasteiger partial charge < -0.3 is 23.5 Å². The number of nitrogens with zero attached hydrogens (tertiary/aromatic N) is 4. The molecule has 0 amide bonds. The largest absolute Gasteiger partial charge is 0.415 e. The Morgan fingerprint density at radius 3 is 1.86 bits per heavy atom. The van der Waals surface area contributed by atoms with E-state index in [0.29, 0.717) is 18.2 Å². The number of hydrogen-bond donors (Lipinski definition) is 1. The van der Waals surface area contributed by atoms with Gasteiger partial charge in [-0.05, 0) is 98.4 Å². The highest BCUT2D eigenvalue weighted by atomic mass is 28.4. The van der Waals surface area contributed by atoms with E-state index in [1.165, 1.54) is 0 Å². The molecule has 0 aromatic heterocycles. The standard InChI is InChI=1S/C43H85N5O5Si3/c1-34-31-47(25-21-19-18-20-24-44-36-23-22-35(30-37(36)48(49)50)32-46-28-26-45(11)27-29-46)38(33-51-54(12,13)41(2,3)4)40(53-56(16,17)43(8,9)10)39(34)52-55(14,15)42(5,6)7/h22-23,30,34,38-40,44H,18-21,24-29,31-33H2,1-17H3/t34-,38+,39+,40+/m0/s1. The van der Waals surface area contributed by atoms with Crippen LogP contribution >= 0.6 is 0 Å². The molecule has 2 heterocycles. The molecule has 56 heavy (non-hydrogen) atoms. The number of hydrogen-bond acceptors (Lipinski definition) is 9. The van der Waals surface area contributed by atoms with Crippen molar-refractivity contribution in [2.75, 3.05) is 64.8 Å². The monoisotopic (exact) mass is 836 g/mol. The molecule has 4 atom stereocenters. The number of rotatable bonds is 18. The van der Waals surface area contributed by atoms with Gasteiger partial charge in [0.25, 0.3) is 5.69 Å². The molecular formula is C43H85N5O5Si3. The van der Waals surface area contributed by atoms with E-state index in [9.17, 15) is 10.1 Å². The maximum Gasteiger partial charge on any atom is 0.292 e. The molecule has 1 N–H and O–H groups in total. The van der Waals surface area contributed by atoms with E-state index in [-0.39, 0.29) is 44.0 Å². The Labute approximate surface area is 346 Å². The molecule has 13 heteroatoms. The average Bonchev–Trinajstić information content (AvgIpc) is 3.05. The summed E-state index contributed by atoms with van der Waals surface area (Å²) in [6.45, 7) is 45.8. The lowest BCUT2D eigenvalue weighted by Crippen LogP contribution is -2.66. The molecule has 0 spiro atoms. The molecule has 0 radical (unpaired) electrons. The van der Waals surface area contributed by atoms with Gasteiger partial charge in [-0.15, -0.1) is 0 Å². The van der Waals surface area contributed by atoms with Crippen molar-refractivity contribution in [2.45, 2.75) is 174 Å². The van der Waals surface area contributed by atoms with E-state index in [1.807, 2.05) is 12.1 Å². The van der Waals surface area contributed by atoms with Crippen LogP contribution in [0.3, 0.4) is 0 Å². The van der Waals surface area contributed by atoms with Crippen molar-refractivity contribution >= 4 is 36.3 Å². The van der Waals surface area contributed by atoms with Crippen LogP contribution in [0.2, 0.25) is 54.4 Å². The molecule has 1 aromatic carbocycles. The van der Waals surface area contributed by atoms with E-state index < -0.39 is 25.0 Å². The first kappa shape index (κ1) is 49.2. The Morgan fingerprint density at radius 1 is 0.786 bits per heavy atom. The van der Waals surface area contributed by atoms with E-state index in [0.717, 1.165) is 83.6 Å². The summed E-state index contributed by atoms with van der Waals surface area (Å²) in [5.41, 5.74) is 1.79. The van der Waals surface area contributed by atoms with Gasteiger partial charge in [-0.25, -0.2) is 0 Å². The number of nitro benzene ring substituents is 1. The van der Waals surface area contributed by atoms with E-state index in [1.54, 1.807) is 6.07 Å². The van der Waals surface area contributed by atoms with Gasteiger partial charge in [0.1, 0.15) is 5.69 Å². The minimum atomic E-state index is -2.16. The predicted molar refractivity (Wildman–Crippen MR) is 245 cm³/mol. The fourth-order valence-corrected chi connectivity index (χ4v) is 10.7. The molecule has 2 saturated heterocycles. The molecule has 0 aliphatic carbocycles. The lowest BCUT2D eigenvalue weighted by molar-refractivity contribution is -0.384. The molecule has 3 rings (SSSR count). The van der Waals surface area contributed by atoms with Gasteiger partial charge in [-0.2, -0.15) is 0 Å². The van der Waals surface area contributed by atoms with E-state index in [2.05, 4.69) is 136 Å². The first-order valence-electron chi connectivity index (χ1n) is 21.7. The number of unbranched alkanes of at least 4 members (excludes halogenated alkanes) is 3. The minimum absolute atomic E-state index is 0.0188. The molecule has 2 aliphatic rings. The van der Waals surface area contributed by atoms with Crippen molar-refractivity contribution in [3.63, 3.8) is 0 Å². The summed E-state index contributed by atoms with van der Waals surface area (Å²) in [4.78, 5) is 19.2. The maximum atomic E-state index is 12.0. The number of nitro groups is 1. The van der Waals surface area contributed by atoms with Crippen LogP contribution in [0.4, 0.5) is 11.4 Å². The molecular weight excluding hydrogens is 751 g/mol. The van der Waals surface area contributed by atoms with Crippen LogP contribution in [-0.2, 0) is 19.8 Å². The van der Waals surface area contributed by atoms with Crippen LogP contribution in [0.25, 0.3) is 0 Å². The summed E-state index contributed by atoms with van der Waals surface area (Å²) in [7, 11) is -4.14. The minimum Gasteiger partial charge on any atom is -0.415 e. The Balaban J connectivity index is 1.72. The van der Waals surface area contributed by atoms with Crippen molar-refractivity contribution < 1.29 is 18.2 Å². The Morgan fingerprint density at radius 2 is 1.32 bits per heavy atom. The number of benzene rings is 1. The Bertz CT molecular complexity index is 1400. The second-order valence-electron chi connectivity index (χ2n) is 21.8. The van der Waals surface area contributed by atoms with Crippen molar-refractivity contribution in [3.8, 4) is 0 Å². The first-order valence-corrected chi connectivity index (χ1v) is 30.4. The van der Waals surface area contributed by atoms with Crippen LogP contribution < -0.4 is 5.32 Å². The second kappa shape index (κ2) is 19.5. The molecule has 324 valence electrons. The molecule has 2 aliphatic heterocycles. The zero-order chi connectivity index (χ0) is 42.5. The predicted octanol–water partition coefficient (Wildman–Crippen LogP) is 10.4. The van der Waals surface area contributed by atoms with Crippen LogP contribution in [0.1, 0.15) is 100 Å². The number of anilines is 1. The number of nitrogens with one attached hydrogen (secondary N) is 1. The highest BCUT2D eigenvalue weighted by Gasteiger charge is 2.52. The van der Waals surface area contributed by atoms with Crippen molar-refractivity contribution in [2.24, 2.45) is 5.92 Å². The summed E-state index contributed by atoms with van der Waals surface area (Å²) in [6, 6.07) is 5.82. The molecule has 0 unspecified atom stereocenters. The highest BCUT2D eigenvalue weighted by Crippen LogP contribution is 2.44. The first-order chi connectivity index (χ1) is 25.6. The number of piperidine rings is 1. The van der Waals surface area contributed by atoms with Crippen molar-refractivity contribution in [3.05, 3.63) is 33.9 Å². The smallest absolute Gasteiger partial charge is 0.292 e. The molecule has 0 saturated carbocycles. The molecule has 0 bridgehead atoms. The van der Waals surface area contributed by atoms with E-state index in [4.69, 9.17) is 13.3 Å². The second-order valence-corrected chi connectivity index (χ2v) is 36.1. The highest BCUT2D eigenvalue weighted by molar-refractivity contribution is 6.75. The van der Waals surface area contributed by atoms with Gasteiger partial charge in [0.15, 0.2) is 25.0 Å². The van der Waals surface area contributed by atoms with E-state index >= 15 is 0 Å².